The molecule has 4 saturated carbocycles. The van der Waals surface area contributed by atoms with Gasteiger partial charge in [-0.05, 0) is 110 Å². The Kier molecular flexibility index (Phi) is 6.07. The van der Waals surface area contributed by atoms with Crippen LogP contribution >= 0.6 is 0 Å². The molecule has 0 spiro atoms. The molecule has 1 unspecified atom stereocenters. The number of hydrogen-bond acceptors (Lipinski definition) is 5. The van der Waals surface area contributed by atoms with Gasteiger partial charge in [-0.15, -0.1) is 0 Å². The molecular weight excluding hydrogens is 450 g/mol. The first-order chi connectivity index (χ1) is 17.2. The van der Waals surface area contributed by atoms with Crippen molar-refractivity contribution in [3.05, 3.63) is 34.6 Å². The number of nitrogens with zero attached hydrogens (tertiary/aromatic N) is 2. The van der Waals surface area contributed by atoms with E-state index in [4.69, 9.17) is 0 Å². The molecule has 0 radical (unpaired) electrons. The summed E-state index contributed by atoms with van der Waals surface area (Å²) in [4.78, 5) is 24.3. The average Bonchev–Trinajstić information content (AvgIpc) is 3.21. The molecule has 4 aliphatic carbocycles. The van der Waals surface area contributed by atoms with Crippen LogP contribution in [0.25, 0.3) is 10.9 Å². The summed E-state index contributed by atoms with van der Waals surface area (Å²) >= 11 is 0. The summed E-state index contributed by atoms with van der Waals surface area (Å²) in [7, 11) is 0. The van der Waals surface area contributed by atoms with Gasteiger partial charge in [-0.25, -0.2) is 4.98 Å². The van der Waals surface area contributed by atoms with Crippen LogP contribution in [0, 0.1) is 46.3 Å². The van der Waals surface area contributed by atoms with Gasteiger partial charge < -0.3 is 15.2 Å². The Hall–Kier alpha value is -1.79. The van der Waals surface area contributed by atoms with Crippen molar-refractivity contribution >= 4 is 10.9 Å². The van der Waals surface area contributed by atoms with Crippen molar-refractivity contribution in [2.45, 2.75) is 97.2 Å². The average molecular weight is 494 g/mol. The number of rotatable bonds is 4. The van der Waals surface area contributed by atoms with Crippen molar-refractivity contribution in [3.63, 3.8) is 0 Å². The van der Waals surface area contributed by atoms with Gasteiger partial charge in [-0.1, -0.05) is 20.8 Å². The second kappa shape index (κ2) is 8.90. The maximum absolute atomic E-state index is 12.5. The normalized spacial score (nSPS) is 43.0. The highest BCUT2D eigenvalue weighted by atomic mass is 16.3. The van der Waals surface area contributed by atoms with E-state index in [-0.39, 0.29) is 28.6 Å². The van der Waals surface area contributed by atoms with Crippen LogP contribution < -0.4 is 5.56 Å². The van der Waals surface area contributed by atoms with Crippen LogP contribution in [0.2, 0.25) is 0 Å². The molecule has 6 rings (SSSR count). The number of aromatic amines is 1. The van der Waals surface area contributed by atoms with Crippen LogP contribution in [-0.2, 0) is 6.42 Å². The molecule has 36 heavy (non-hydrogen) atoms. The predicted octanol–water partition coefficient (Wildman–Crippen LogP) is 4.88. The minimum absolute atomic E-state index is 0.0791. The van der Waals surface area contributed by atoms with Gasteiger partial charge in [-0.2, -0.15) is 0 Å². The molecule has 0 saturated heterocycles. The van der Waals surface area contributed by atoms with Crippen molar-refractivity contribution in [1.29, 1.82) is 0 Å². The monoisotopic (exact) mass is 493 g/mol. The Bertz CT molecular complexity index is 1180. The van der Waals surface area contributed by atoms with E-state index >= 15 is 0 Å². The lowest BCUT2D eigenvalue weighted by Gasteiger charge is -2.62. The van der Waals surface area contributed by atoms with Gasteiger partial charge >= 0.3 is 0 Å². The molecule has 0 aromatic carbocycles. The third kappa shape index (κ3) is 3.77. The number of fused-ring (bicyclic) bond motifs is 6. The fourth-order valence-corrected chi connectivity index (χ4v) is 9.90. The number of nitrogens with one attached hydrogen (secondary N) is 1. The molecule has 0 amide bonds. The molecule has 6 nitrogen and oxygen atoms in total. The number of aromatic nitrogens is 3. The molecular formula is C30H43N3O3. The molecule has 196 valence electrons. The Morgan fingerprint density at radius 1 is 1.08 bits per heavy atom. The number of H-pyrrole nitrogens is 1. The van der Waals surface area contributed by atoms with Gasteiger partial charge in [0, 0.05) is 12.6 Å². The van der Waals surface area contributed by atoms with Crippen LogP contribution in [-0.4, -0.2) is 37.4 Å². The van der Waals surface area contributed by atoms with E-state index in [0.29, 0.717) is 46.4 Å². The highest BCUT2D eigenvalue weighted by molar-refractivity contribution is 5.75. The molecule has 4 fully saturated rings. The van der Waals surface area contributed by atoms with Crippen LogP contribution in [0.4, 0.5) is 0 Å². The van der Waals surface area contributed by atoms with E-state index in [9.17, 15) is 15.0 Å². The molecule has 0 bridgehead atoms. The fraction of sp³-hybridized carbons (Fsp3) is 0.767. The Morgan fingerprint density at radius 2 is 1.86 bits per heavy atom. The third-order valence-electron chi connectivity index (χ3n) is 11.8. The molecule has 6 heteroatoms. The van der Waals surface area contributed by atoms with E-state index < -0.39 is 0 Å². The summed E-state index contributed by atoms with van der Waals surface area (Å²) in [6.07, 6.45) is 13.4. The van der Waals surface area contributed by atoms with Crippen LogP contribution in [0.5, 0.6) is 0 Å². The topological polar surface area (TPSA) is 99.1 Å². The Morgan fingerprint density at radius 3 is 2.69 bits per heavy atom. The quantitative estimate of drug-likeness (QED) is 0.564. The first-order valence-corrected chi connectivity index (χ1v) is 14.4. The molecule has 10 atom stereocenters. The standard InChI is InChI=1S/C30H43N3O3/c1-17(4-7-26-32-24-16-31-13-10-20(24)28(36)33-26)21-5-6-22-27-23(9-12-30(21,22)3)29(2)11-8-19(34)14-18(29)15-25(27)35/h10,13,16-19,21-23,25,27,34-35H,4-9,11-12,14-15H2,1-3H3,(H,32,33,36)/t17-,18+,19-,21-,22+,23?,25+,27+,29+,30-/m1/s1. The summed E-state index contributed by atoms with van der Waals surface area (Å²) in [5, 5.41) is 22.4. The summed E-state index contributed by atoms with van der Waals surface area (Å²) in [5.74, 6) is 3.99. The number of aliphatic hydroxyl groups is 2. The zero-order chi connectivity index (χ0) is 25.2. The van der Waals surface area contributed by atoms with Crippen molar-refractivity contribution in [1.82, 2.24) is 15.0 Å². The van der Waals surface area contributed by atoms with E-state index in [1.54, 1.807) is 18.5 Å². The van der Waals surface area contributed by atoms with Crippen molar-refractivity contribution in [2.24, 2.45) is 46.3 Å². The van der Waals surface area contributed by atoms with E-state index in [2.05, 4.69) is 35.7 Å². The predicted molar refractivity (Wildman–Crippen MR) is 140 cm³/mol. The van der Waals surface area contributed by atoms with E-state index in [1.807, 2.05) is 0 Å². The van der Waals surface area contributed by atoms with Crippen molar-refractivity contribution in [3.8, 4) is 0 Å². The highest BCUT2D eigenvalue weighted by Gasteiger charge is 2.62. The Labute approximate surface area is 214 Å². The number of aliphatic hydroxyl groups excluding tert-OH is 2. The summed E-state index contributed by atoms with van der Waals surface area (Å²) in [6, 6.07) is 1.72. The second-order valence-corrected chi connectivity index (χ2v) is 13.4. The number of hydrogen-bond donors (Lipinski definition) is 3. The third-order valence-corrected chi connectivity index (χ3v) is 11.8. The number of aryl methyl sites for hydroxylation is 1. The van der Waals surface area contributed by atoms with E-state index in [0.717, 1.165) is 44.3 Å². The van der Waals surface area contributed by atoms with Gasteiger partial charge in [-0.3, -0.25) is 9.78 Å². The highest BCUT2D eigenvalue weighted by Crippen LogP contribution is 2.68. The Balaban J connectivity index is 1.18. The summed E-state index contributed by atoms with van der Waals surface area (Å²) in [6.45, 7) is 7.40. The minimum atomic E-state index is -0.224. The zero-order valence-corrected chi connectivity index (χ0v) is 22.1. The van der Waals surface area contributed by atoms with Crippen LogP contribution in [0.3, 0.4) is 0 Å². The number of pyridine rings is 1. The molecule has 2 heterocycles. The first kappa shape index (κ1) is 24.5. The van der Waals surface area contributed by atoms with Gasteiger partial charge in [0.05, 0.1) is 29.3 Å². The lowest BCUT2D eigenvalue weighted by molar-refractivity contribution is -0.174. The van der Waals surface area contributed by atoms with Gasteiger partial charge in [0.25, 0.3) is 5.56 Å². The fourth-order valence-electron chi connectivity index (χ4n) is 9.90. The SMILES string of the molecule is C[C@H](CCc1nc2cnccc2c(=O)[nH]1)[C@H]1CC[C@H]2[C@H]3C(CC[C@]12C)[C@@]1(C)CC[C@@H](O)C[C@H]1C[C@@H]3O. The summed E-state index contributed by atoms with van der Waals surface area (Å²) in [5.41, 5.74) is 1.14. The summed E-state index contributed by atoms with van der Waals surface area (Å²) < 4.78 is 0. The van der Waals surface area contributed by atoms with Crippen molar-refractivity contribution < 1.29 is 10.2 Å². The van der Waals surface area contributed by atoms with Crippen LogP contribution in [0.15, 0.2) is 23.3 Å². The molecule has 0 aliphatic heterocycles. The zero-order valence-electron chi connectivity index (χ0n) is 22.1. The van der Waals surface area contributed by atoms with Gasteiger partial charge in [0.15, 0.2) is 0 Å². The van der Waals surface area contributed by atoms with Gasteiger partial charge in [0.2, 0.25) is 0 Å². The second-order valence-electron chi connectivity index (χ2n) is 13.4. The van der Waals surface area contributed by atoms with Crippen LogP contribution in [0.1, 0.15) is 84.4 Å². The minimum Gasteiger partial charge on any atom is -0.393 e. The maximum atomic E-state index is 12.5. The maximum Gasteiger partial charge on any atom is 0.258 e. The first-order valence-electron chi connectivity index (χ1n) is 14.4. The molecule has 3 N–H and O–H groups in total. The van der Waals surface area contributed by atoms with Gasteiger partial charge in [0.1, 0.15) is 5.82 Å². The molecule has 4 aliphatic rings. The molecule has 2 aromatic rings. The van der Waals surface area contributed by atoms with Crippen molar-refractivity contribution in [2.75, 3.05) is 0 Å². The smallest absolute Gasteiger partial charge is 0.258 e. The van der Waals surface area contributed by atoms with E-state index in [1.165, 1.54) is 25.7 Å². The molecule has 2 aromatic heterocycles. The largest absolute Gasteiger partial charge is 0.393 e. The lowest BCUT2D eigenvalue weighted by Crippen LogP contribution is -2.58. The lowest BCUT2D eigenvalue weighted by atomic mass is 9.43.